The van der Waals surface area contributed by atoms with Gasteiger partial charge in [-0.05, 0) is 43.9 Å². The van der Waals surface area contributed by atoms with E-state index in [0.717, 1.165) is 5.69 Å². The number of nitrogens with zero attached hydrogens (tertiary/aromatic N) is 1. The van der Waals surface area contributed by atoms with Crippen molar-refractivity contribution in [2.24, 2.45) is 0 Å². The second kappa shape index (κ2) is 5.51. The molecule has 0 saturated carbocycles. The summed E-state index contributed by atoms with van der Waals surface area (Å²) < 4.78 is 0. The van der Waals surface area contributed by atoms with E-state index in [1.165, 1.54) is 5.56 Å². The average Bonchev–Trinajstić information content (AvgIpc) is 2.46. The van der Waals surface area contributed by atoms with E-state index >= 15 is 0 Å². The van der Waals surface area contributed by atoms with Crippen LogP contribution < -0.4 is 10.2 Å². The highest BCUT2D eigenvalue weighted by molar-refractivity contribution is 6.10. The molecular weight excluding hydrogens is 264 g/mol. The lowest BCUT2D eigenvalue weighted by Gasteiger charge is -2.43. The number of carbonyl (C=O) groups is 2. The Morgan fingerprint density at radius 2 is 1.81 bits per heavy atom. The smallest absolute Gasteiger partial charge is 0.253 e. The van der Waals surface area contributed by atoms with E-state index in [1.807, 2.05) is 31.2 Å². The zero-order valence-electron chi connectivity index (χ0n) is 13.4. The molecule has 0 aliphatic carbocycles. The molecule has 0 radical (unpaired) electrons. The average molecular weight is 288 g/mol. The highest BCUT2D eigenvalue weighted by Gasteiger charge is 2.45. The highest BCUT2D eigenvalue weighted by atomic mass is 16.2. The Hall–Kier alpha value is -1.84. The molecule has 2 amide bonds. The van der Waals surface area contributed by atoms with Crippen molar-refractivity contribution in [3.8, 4) is 0 Å². The summed E-state index contributed by atoms with van der Waals surface area (Å²) in [5.41, 5.74) is 1.19. The normalized spacial score (nSPS) is 26.2. The van der Waals surface area contributed by atoms with E-state index in [-0.39, 0.29) is 11.8 Å². The first kappa shape index (κ1) is 15.5. The molecular formula is C17H24N2O2. The lowest BCUT2D eigenvalue weighted by molar-refractivity contribution is -0.137. The summed E-state index contributed by atoms with van der Waals surface area (Å²) in [6.45, 7) is 9.72. The van der Waals surface area contributed by atoms with E-state index in [1.54, 1.807) is 18.7 Å². The summed E-state index contributed by atoms with van der Waals surface area (Å²) in [7, 11) is 0. The first-order chi connectivity index (χ1) is 9.80. The third-order valence-corrected chi connectivity index (χ3v) is 4.40. The lowest BCUT2D eigenvalue weighted by Crippen LogP contribution is -2.68. The molecule has 4 nitrogen and oxygen atoms in total. The predicted molar refractivity (Wildman–Crippen MR) is 84.3 cm³/mol. The molecule has 1 saturated heterocycles. The fourth-order valence-electron chi connectivity index (χ4n) is 2.59. The van der Waals surface area contributed by atoms with Crippen molar-refractivity contribution in [2.45, 2.75) is 58.5 Å². The first-order valence-electron chi connectivity index (χ1n) is 7.56. The van der Waals surface area contributed by atoms with Crippen LogP contribution in [0.15, 0.2) is 24.3 Å². The van der Waals surface area contributed by atoms with Gasteiger partial charge in [-0.3, -0.25) is 14.5 Å². The summed E-state index contributed by atoms with van der Waals surface area (Å²) in [5, 5.41) is 2.84. The Balaban J connectivity index is 2.39. The van der Waals surface area contributed by atoms with Crippen molar-refractivity contribution in [1.29, 1.82) is 0 Å². The molecule has 0 bridgehead atoms. The molecule has 2 unspecified atom stereocenters. The third kappa shape index (κ3) is 2.67. The molecule has 0 spiro atoms. The Morgan fingerprint density at radius 1 is 1.24 bits per heavy atom. The predicted octanol–water partition coefficient (Wildman–Crippen LogP) is 2.83. The topological polar surface area (TPSA) is 49.4 Å². The van der Waals surface area contributed by atoms with Gasteiger partial charge in [0, 0.05) is 5.69 Å². The van der Waals surface area contributed by atoms with Gasteiger partial charge >= 0.3 is 0 Å². The van der Waals surface area contributed by atoms with Crippen LogP contribution in [0.3, 0.4) is 0 Å². The highest BCUT2D eigenvalue weighted by Crippen LogP contribution is 2.28. The van der Waals surface area contributed by atoms with Crippen molar-refractivity contribution < 1.29 is 9.59 Å². The van der Waals surface area contributed by atoms with Crippen LogP contribution in [0.25, 0.3) is 0 Å². The van der Waals surface area contributed by atoms with Crippen LogP contribution in [0, 0.1) is 0 Å². The largest absolute Gasteiger partial charge is 0.340 e. The number of nitrogens with one attached hydrogen (secondary N) is 1. The first-order valence-corrected chi connectivity index (χ1v) is 7.56. The number of amides is 2. The van der Waals surface area contributed by atoms with Crippen LogP contribution in [-0.2, 0) is 9.59 Å². The molecule has 21 heavy (non-hydrogen) atoms. The van der Waals surface area contributed by atoms with E-state index in [2.05, 4.69) is 19.2 Å². The SMILES string of the molecule is CCC1(C)NC(=O)C(C)N(c2ccc(C(C)C)cc2)C1=O. The monoisotopic (exact) mass is 288 g/mol. The zero-order chi connectivity index (χ0) is 15.8. The van der Waals surface area contributed by atoms with Gasteiger partial charge in [-0.2, -0.15) is 0 Å². The van der Waals surface area contributed by atoms with Crippen LogP contribution >= 0.6 is 0 Å². The van der Waals surface area contributed by atoms with Crippen LogP contribution in [0.2, 0.25) is 0 Å². The quantitative estimate of drug-likeness (QED) is 0.929. The van der Waals surface area contributed by atoms with Crippen LogP contribution in [-0.4, -0.2) is 23.4 Å². The van der Waals surface area contributed by atoms with Crippen molar-refractivity contribution in [3.05, 3.63) is 29.8 Å². The van der Waals surface area contributed by atoms with Crippen molar-refractivity contribution in [1.82, 2.24) is 5.32 Å². The van der Waals surface area contributed by atoms with Gasteiger partial charge < -0.3 is 5.32 Å². The lowest BCUT2D eigenvalue weighted by atomic mass is 9.91. The minimum Gasteiger partial charge on any atom is -0.340 e. The minimum atomic E-state index is -0.819. The molecule has 1 aliphatic rings. The number of rotatable bonds is 3. The van der Waals surface area contributed by atoms with Gasteiger partial charge in [-0.25, -0.2) is 0 Å². The molecule has 1 aliphatic heterocycles. The molecule has 2 atom stereocenters. The molecule has 1 fully saturated rings. The molecule has 0 aromatic heterocycles. The maximum Gasteiger partial charge on any atom is 0.253 e. The van der Waals surface area contributed by atoms with Crippen molar-refractivity contribution >= 4 is 17.5 Å². The van der Waals surface area contributed by atoms with Crippen molar-refractivity contribution in [3.63, 3.8) is 0 Å². The van der Waals surface area contributed by atoms with E-state index in [9.17, 15) is 9.59 Å². The van der Waals surface area contributed by atoms with Gasteiger partial charge in [0.2, 0.25) is 5.91 Å². The van der Waals surface area contributed by atoms with Gasteiger partial charge in [-0.15, -0.1) is 0 Å². The Morgan fingerprint density at radius 3 is 2.29 bits per heavy atom. The fraction of sp³-hybridized carbons (Fsp3) is 0.529. The number of benzene rings is 1. The molecule has 1 heterocycles. The summed E-state index contributed by atoms with van der Waals surface area (Å²) in [5.74, 6) is 0.291. The maximum absolute atomic E-state index is 12.8. The minimum absolute atomic E-state index is 0.0469. The number of carbonyl (C=O) groups excluding carboxylic acids is 2. The molecule has 1 aromatic carbocycles. The van der Waals surface area contributed by atoms with Gasteiger partial charge in [0.1, 0.15) is 11.6 Å². The molecule has 2 rings (SSSR count). The van der Waals surface area contributed by atoms with E-state index in [0.29, 0.717) is 12.3 Å². The maximum atomic E-state index is 12.8. The number of piperazine rings is 1. The van der Waals surface area contributed by atoms with Gasteiger partial charge in [0.15, 0.2) is 0 Å². The molecule has 1 N–H and O–H groups in total. The summed E-state index contributed by atoms with van der Waals surface area (Å²) >= 11 is 0. The van der Waals surface area contributed by atoms with Gasteiger partial charge in [0.25, 0.3) is 5.91 Å². The molecule has 114 valence electrons. The fourth-order valence-corrected chi connectivity index (χ4v) is 2.59. The zero-order valence-corrected chi connectivity index (χ0v) is 13.4. The van der Waals surface area contributed by atoms with E-state index in [4.69, 9.17) is 0 Å². The number of hydrogen-bond acceptors (Lipinski definition) is 2. The van der Waals surface area contributed by atoms with Crippen LogP contribution in [0.1, 0.15) is 52.5 Å². The summed E-state index contributed by atoms with van der Waals surface area (Å²) in [4.78, 5) is 26.6. The summed E-state index contributed by atoms with van der Waals surface area (Å²) in [6, 6.07) is 7.42. The van der Waals surface area contributed by atoms with Crippen molar-refractivity contribution in [2.75, 3.05) is 4.90 Å². The standard InChI is InChI=1S/C17H24N2O2/c1-6-17(5)16(21)19(12(4)15(20)18-17)14-9-7-13(8-10-14)11(2)3/h7-12H,6H2,1-5H3,(H,18,20). The summed E-state index contributed by atoms with van der Waals surface area (Å²) in [6.07, 6.45) is 0.574. The number of anilines is 1. The van der Waals surface area contributed by atoms with Crippen LogP contribution in [0.5, 0.6) is 0 Å². The second-order valence-corrected chi connectivity index (χ2v) is 6.27. The van der Waals surface area contributed by atoms with Crippen LogP contribution in [0.4, 0.5) is 5.69 Å². The van der Waals surface area contributed by atoms with Gasteiger partial charge in [0.05, 0.1) is 0 Å². The number of hydrogen-bond donors (Lipinski definition) is 1. The molecule has 4 heteroatoms. The molecule has 1 aromatic rings. The Kier molecular flexibility index (Phi) is 4.08. The van der Waals surface area contributed by atoms with E-state index < -0.39 is 11.6 Å². The Bertz CT molecular complexity index is 550. The second-order valence-electron chi connectivity index (χ2n) is 6.27. The third-order valence-electron chi connectivity index (χ3n) is 4.40. The Labute approximate surface area is 126 Å². The van der Waals surface area contributed by atoms with Gasteiger partial charge in [-0.1, -0.05) is 32.9 Å².